The van der Waals surface area contributed by atoms with Crippen molar-refractivity contribution in [3.8, 4) is 0 Å². The highest BCUT2D eigenvalue weighted by atomic mass is 32.2. The summed E-state index contributed by atoms with van der Waals surface area (Å²) in [5, 5.41) is 0.910. The number of hydrogen-bond donors (Lipinski definition) is 0. The number of anilines is 1. The molecule has 1 aliphatic rings. The van der Waals surface area contributed by atoms with Crippen LogP contribution < -0.4 is 4.90 Å². The Kier molecular flexibility index (Phi) is 5.35. The summed E-state index contributed by atoms with van der Waals surface area (Å²) in [4.78, 5) is 12.5. The summed E-state index contributed by atoms with van der Waals surface area (Å²) in [5.41, 5.74) is 2.01. The summed E-state index contributed by atoms with van der Waals surface area (Å²) in [6, 6.07) is 11.2. The van der Waals surface area contributed by atoms with E-state index in [1.807, 2.05) is 24.3 Å². The Morgan fingerprint density at radius 1 is 1.00 bits per heavy atom. The maximum atomic E-state index is 13.2. The Morgan fingerprint density at radius 2 is 1.76 bits per heavy atom. The number of nitrogens with zero attached hydrogens (tertiary/aromatic N) is 4. The molecule has 1 saturated heterocycles. The number of fused-ring (bicyclic) bond motifs is 1. The number of rotatable bonds is 3. The maximum Gasteiger partial charge on any atom is 0.243 e. The SMILES string of the molecule is CC(C)(C)c1ccc(S(=O)(=O)N2CCCN(c3nc4cccnc4s3)CC2)cc1. The predicted octanol–water partition coefficient (Wildman–Crippen LogP) is 3.89. The quantitative estimate of drug-likeness (QED) is 0.631. The fourth-order valence-corrected chi connectivity index (χ4v) is 5.93. The van der Waals surface area contributed by atoms with E-state index in [1.165, 1.54) is 0 Å². The van der Waals surface area contributed by atoms with E-state index in [0.717, 1.165) is 34.0 Å². The first-order valence-corrected chi connectivity index (χ1v) is 12.1. The number of thiazole rings is 1. The van der Waals surface area contributed by atoms with Gasteiger partial charge in [-0.05, 0) is 41.7 Å². The van der Waals surface area contributed by atoms with Crippen LogP contribution in [0.4, 0.5) is 5.13 Å². The van der Waals surface area contributed by atoms with Gasteiger partial charge in [-0.25, -0.2) is 18.4 Å². The molecular formula is C21H26N4O2S2. The average Bonchev–Trinajstić information content (AvgIpc) is 2.95. The average molecular weight is 431 g/mol. The van der Waals surface area contributed by atoms with E-state index in [2.05, 4.69) is 35.6 Å². The van der Waals surface area contributed by atoms with Crippen molar-refractivity contribution in [2.45, 2.75) is 37.5 Å². The van der Waals surface area contributed by atoms with Gasteiger partial charge in [0, 0.05) is 32.4 Å². The third kappa shape index (κ3) is 4.15. The van der Waals surface area contributed by atoms with Gasteiger partial charge in [0.2, 0.25) is 10.0 Å². The minimum Gasteiger partial charge on any atom is -0.347 e. The summed E-state index contributed by atoms with van der Waals surface area (Å²) < 4.78 is 27.9. The zero-order valence-corrected chi connectivity index (χ0v) is 18.6. The van der Waals surface area contributed by atoms with Crippen LogP contribution in [-0.4, -0.2) is 48.9 Å². The van der Waals surface area contributed by atoms with Crippen molar-refractivity contribution in [1.29, 1.82) is 0 Å². The van der Waals surface area contributed by atoms with Crippen molar-refractivity contribution >= 4 is 36.8 Å². The molecule has 0 saturated carbocycles. The van der Waals surface area contributed by atoms with Gasteiger partial charge >= 0.3 is 0 Å². The van der Waals surface area contributed by atoms with Crippen molar-refractivity contribution in [1.82, 2.24) is 14.3 Å². The van der Waals surface area contributed by atoms with Gasteiger partial charge in [0.05, 0.1) is 4.90 Å². The van der Waals surface area contributed by atoms with Crippen molar-refractivity contribution in [3.63, 3.8) is 0 Å². The largest absolute Gasteiger partial charge is 0.347 e. The molecule has 0 aliphatic carbocycles. The monoisotopic (exact) mass is 430 g/mol. The highest BCUT2D eigenvalue weighted by Gasteiger charge is 2.28. The molecule has 0 unspecified atom stereocenters. The molecule has 0 spiro atoms. The Hall–Kier alpha value is -2.03. The predicted molar refractivity (Wildman–Crippen MR) is 118 cm³/mol. The maximum absolute atomic E-state index is 13.2. The molecule has 6 nitrogen and oxygen atoms in total. The van der Waals surface area contributed by atoms with E-state index in [9.17, 15) is 8.42 Å². The molecule has 1 fully saturated rings. The lowest BCUT2D eigenvalue weighted by molar-refractivity contribution is 0.433. The van der Waals surface area contributed by atoms with Crippen molar-refractivity contribution in [2.75, 3.05) is 31.1 Å². The zero-order chi connectivity index (χ0) is 20.6. The van der Waals surface area contributed by atoms with Crippen molar-refractivity contribution in [2.24, 2.45) is 0 Å². The highest BCUT2D eigenvalue weighted by Crippen LogP contribution is 2.29. The summed E-state index contributed by atoms with van der Waals surface area (Å²) >= 11 is 1.56. The van der Waals surface area contributed by atoms with Crippen LogP contribution in [0.1, 0.15) is 32.8 Å². The van der Waals surface area contributed by atoms with Crippen LogP contribution in [0.15, 0.2) is 47.5 Å². The third-order valence-corrected chi connectivity index (χ3v) is 8.19. The summed E-state index contributed by atoms with van der Waals surface area (Å²) in [6.45, 7) is 8.75. The number of benzene rings is 1. The Morgan fingerprint density at radius 3 is 2.45 bits per heavy atom. The molecule has 3 aromatic rings. The van der Waals surface area contributed by atoms with E-state index in [0.29, 0.717) is 24.5 Å². The Labute approximate surface area is 176 Å². The molecule has 0 bridgehead atoms. The van der Waals surface area contributed by atoms with Crippen molar-refractivity contribution < 1.29 is 8.42 Å². The molecule has 154 valence electrons. The van der Waals surface area contributed by atoms with Crippen LogP contribution in [0.3, 0.4) is 0 Å². The lowest BCUT2D eigenvalue weighted by Crippen LogP contribution is -2.35. The topological polar surface area (TPSA) is 66.4 Å². The van der Waals surface area contributed by atoms with Gasteiger partial charge in [-0.2, -0.15) is 4.31 Å². The Bertz CT molecular complexity index is 1070. The smallest absolute Gasteiger partial charge is 0.243 e. The van der Waals surface area contributed by atoms with Gasteiger partial charge in [-0.15, -0.1) is 0 Å². The van der Waals surface area contributed by atoms with E-state index >= 15 is 0 Å². The molecule has 0 N–H and O–H groups in total. The van der Waals surface area contributed by atoms with Gasteiger partial charge in [0.25, 0.3) is 0 Å². The van der Waals surface area contributed by atoms with Gasteiger partial charge in [0.1, 0.15) is 10.3 Å². The van der Waals surface area contributed by atoms with Crippen LogP contribution >= 0.6 is 11.3 Å². The fraction of sp³-hybridized carbons (Fsp3) is 0.429. The van der Waals surface area contributed by atoms with Gasteiger partial charge < -0.3 is 4.90 Å². The number of pyridine rings is 1. The molecule has 3 heterocycles. The summed E-state index contributed by atoms with van der Waals surface area (Å²) in [7, 11) is -3.50. The number of hydrogen-bond acceptors (Lipinski definition) is 6. The van der Waals surface area contributed by atoms with Crippen LogP contribution in [-0.2, 0) is 15.4 Å². The highest BCUT2D eigenvalue weighted by molar-refractivity contribution is 7.89. The summed E-state index contributed by atoms with van der Waals surface area (Å²) in [5.74, 6) is 0. The molecule has 1 aromatic carbocycles. The summed E-state index contributed by atoms with van der Waals surface area (Å²) in [6.07, 6.45) is 2.54. The molecule has 29 heavy (non-hydrogen) atoms. The number of aromatic nitrogens is 2. The molecule has 8 heteroatoms. The van der Waals surface area contributed by atoms with Crippen LogP contribution in [0.2, 0.25) is 0 Å². The number of sulfonamides is 1. The lowest BCUT2D eigenvalue weighted by atomic mass is 9.87. The second kappa shape index (κ2) is 7.66. The molecular weight excluding hydrogens is 404 g/mol. The normalized spacial score (nSPS) is 16.9. The van der Waals surface area contributed by atoms with Crippen molar-refractivity contribution in [3.05, 3.63) is 48.2 Å². The molecule has 0 amide bonds. The molecule has 0 atom stereocenters. The second-order valence-electron chi connectivity index (χ2n) is 8.34. The van der Waals surface area contributed by atoms with Crippen LogP contribution in [0.25, 0.3) is 10.3 Å². The standard InChI is InChI=1S/C21H26N4O2S2/c1-21(2,3)16-7-9-17(10-8-16)29(26,27)25-13-5-12-24(14-15-25)20-23-18-6-4-11-22-19(18)28-20/h4,6-11H,5,12-15H2,1-3H3. The molecule has 1 aliphatic heterocycles. The first-order chi connectivity index (χ1) is 13.7. The lowest BCUT2D eigenvalue weighted by Gasteiger charge is -2.22. The van der Waals surface area contributed by atoms with E-state index in [1.54, 1.807) is 34.0 Å². The van der Waals surface area contributed by atoms with Gasteiger partial charge in [0.15, 0.2) is 5.13 Å². The molecule has 2 aromatic heterocycles. The minimum atomic E-state index is -3.50. The van der Waals surface area contributed by atoms with E-state index < -0.39 is 10.0 Å². The van der Waals surface area contributed by atoms with Gasteiger partial charge in [-0.1, -0.05) is 44.2 Å². The zero-order valence-electron chi connectivity index (χ0n) is 17.0. The first-order valence-electron chi connectivity index (χ1n) is 9.82. The second-order valence-corrected chi connectivity index (χ2v) is 11.2. The van der Waals surface area contributed by atoms with Crippen LogP contribution in [0.5, 0.6) is 0 Å². The fourth-order valence-electron chi connectivity index (χ4n) is 3.50. The molecule has 0 radical (unpaired) electrons. The van der Waals surface area contributed by atoms with E-state index in [4.69, 9.17) is 0 Å². The first kappa shape index (κ1) is 20.3. The minimum absolute atomic E-state index is 0.00248. The third-order valence-electron chi connectivity index (χ3n) is 5.24. The van der Waals surface area contributed by atoms with Crippen LogP contribution in [0, 0.1) is 0 Å². The van der Waals surface area contributed by atoms with E-state index in [-0.39, 0.29) is 5.41 Å². The van der Waals surface area contributed by atoms with Gasteiger partial charge in [-0.3, -0.25) is 0 Å². The Balaban J connectivity index is 1.51. The molecule has 4 rings (SSSR count).